The summed E-state index contributed by atoms with van der Waals surface area (Å²) in [5.41, 5.74) is 0.290. The normalized spacial score (nSPS) is 24.0. The van der Waals surface area contributed by atoms with Crippen LogP contribution in [0.5, 0.6) is 6.01 Å². The highest BCUT2D eigenvalue weighted by molar-refractivity contribution is 7.15. The Morgan fingerprint density at radius 3 is 2.30 bits per heavy atom. The largest absolute Gasteiger partial charge is 0.477 e. The average Bonchev–Trinajstić information content (AvgIpc) is 3.29. The quantitative estimate of drug-likeness (QED) is 0.454. The smallest absolute Gasteiger partial charge is 0.348 e. The molecule has 2 aliphatic carbocycles. The van der Waals surface area contributed by atoms with E-state index in [0.717, 1.165) is 62.7 Å². The van der Waals surface area contributed by atoms with E-state index in [1.807, 2.05) is 31.7 Å². The first-order chi connectivity index (χ1) is 17.6. The van der Waals surface area contributed by atoms with Gasteiger partial charge >= 0.3 is 12.0 Å². The van der Waals surface area contributed by atoms with Crippen molar-refractivity contribution in [2.24, 2.45) is 17.3 Å². The zero-order chi connectivity index (χ0) is 26.6. The summed E-state index contributed by atoms with van der Waals surface area (Å²) in [7, 11) is 0. The molecule has 2 aromatic heterocycles. The van der Waals surface area contributed by atoms with Crippen LogP contribution in [0.1, 0.15) is 93.6 Å². The Morgan fingerprint density at radius 2 is 1.70 bits per heavy atom. The van der Waals surface area contributed by atoms with Crippen LogP contribution in [0.3, 0.4) is 0 Å². The van der Waals surface area contributed by atoms with Gasteiger partial charge in [0.25, 0.3) is 0 Å². The van der Waals surface area contributed by atoms with E-state index in [1.54, 1.807) is 18.5 Å². The SMILES string of the molecule is CC1CCC(C(=O)N(c2cc(C#CC(C)(C)C)sc2C(=O)O)C2CCC(Oc3ncccn3)CC2)CC1. The van der Waals surface area contributed by atoms with E-state index in [1.165, 1.54) is 0 Å². The Labute approximate surface area is 223 Å². The number of hydrogen-bond acceptors (Lipinski definition) is 6. The van der Waals surface area contributed by atoms with Gasteiger partial charge in [0.05, 0.1) is 10.6 Å². The molecule has 0 unspecified atom stereocenters. The topological polar surface area (TPSA) is 92.6 Å². The number of ether oxygens (including phenoxy) is 1. The molecule has 2 aliphatic rings. The first-order valence-electron chi connectivity index (χ1n) is 13.3. The summed E-state index contributed by atoms with van der Waals surface area (Å²) in [6, 6.07) is 3.85. The molecule has 37 heavy (non-hydrogen) atoms. The number of carboxylic acids is 1. The van der Waals surface area contributed by atoms with Crippen molar-refractivity contribution in [3.8, 4) is 17.9 Å². The van der Waals surface area contributed by atoms with Crippen molar-refractivity contribution in [2.45, 2.75) is 91.2 Å². The first kappa shape index (κ1) is 27.1. The third-order valence-corrected chi connectivity index (χ3v) is 8.18. The zero-order valence-corrected chi connectivity index (χ0v) is 23.0. The van der Waals surface area contributed by atoms with E-state index in [2.05, 4.69) is 28.7 Å². The molecule has 2 fully saturated rings. The monoisotopic (exact) mass is 523 g/mol. The number of carboxylic acid groups (broad SMARTS) is 1. The van der Waals surface area contributed by atoms with E-state index < -0.39 is 5.97 Å². The van der Waals surface area contributed by atoms with Crippen molar-refractivity contribution in [3.05, 3.63) is 34.3 Å². The van der Waals surface area contributed by atoms with Gasteiger partial charge in [-0.05, 0) is 90.2 Å². The van der Waals surface area contributed by atoms with Gasteiger partial charge in [-0.3, -0.25) is 4.79 Å². The highest BCUT2D eigenvalue weighted by Gasteiger charge is 2.38. The lowest BCUT2D eigenvalue weighted by Crippen LogP contribution is -2.47. The second kappa shape index (κ2) is 11.6. The second-order valence-corrected chi connectivity index (χ2v) is 12.4. The number of anilines is 1. The van der Waals surface area contributed by atoms with E-state index in [4.69, 9.17) is 4.74 Å². The van der Waals surface area contributed by atoms with Gasteiger partial charge in [-0.15, -0.1) is 11.3 Å². The molecule has 0 saturated heterocycles. The van der Waals surface area contributed by atoms with E-state index >= 15 is 0 Å². The second-order valence-electron chi connectivity index (χ2n) is 11.4. The lowest BCUT2D eigenvalue weighted by atomic mass is 9.81. The molecule has 2 heterocycles. The number of nitrogens with zero attached hydrogens (tertiary/aromatic N) is 3. The fourth-order valence-electron chi connectivity index (χ4n) is 5.14. The third kappa shape index (κ3) is 7.10. The number of aromatic nitrogens is 2. The molecule has 0 aliphatic heterocycles. The summed E-state index contributed by atoms with van der Waals surface area (Å²) in [6.07, 6.45) is 9.99. The molecular weight excluding hydrogens is 486 g/mol. The van der Waals surface area contributed by atoms with Crippen molar-refractivity contribution in [2.75, 3.05) is 4.90 Å². The summed E-state index contributed by atoms with van der Waals surface area (Å²) < 4.78 is 5.97. The molecule has 0 radical (unpaired) electrons. The van der Waals surface area contributed by atoms with Gasteiger partial charge in [0.15, 0.2) is 0 Å². The van der Waals surface area contributed by atoms with Crippen LogP contribution in [0, 0.1) is 29.1 Å². The molecular formula is C29H37N3O4S. The summed E-state index contributed by atoms with van der Waals surface area (Å²) in [4.78, 5) is 37.3. The van der Waals surface area contributed by atoms with Crippen molar-refractivity contribution < 1.29 is 19.4 Å². The number of thiophene rings is 1. The van der Waals surface area contributed by atoms with Gasteiger partial charge in [-0.1, -0.05) is 18.8 Å². The summed E-state index contributed by atoms with van der Waals surface area (Å²) in [6.45, 7) is 8.30. The summed E-state index contributed by atoms with van der Waals surface area (Å²) >= 11 is 1.16. The Balaban J connectivity index is 1.61. The van der Waals surface area contributed by atoms with E-state index in [-0.39, 0.29) is 34.3 Å². The average molecular weight is 524 g/mol. The van der Waals surface area contributed by atoms with Crippen molar-refractivity contribution in [1.82, 2.24) is 9.97 Å². The molecule has 198 valence electrons. The molecule has 2 saturated carbocycles. The molecule has 1 amide bonds. The molecule has 0 bridgehead atoms. The number of aromatic carboxylic acids is 1. The van der Waals surface area contributed by atoms with Gasteiger partial charge in [-0.2, -0.15) is 0 Å². The number of amides is 1. The van der Waals surface area contributed by atoms with Crippen LogP contribution in [0.25, 0.3) is 0 Å². The lowest BCUT2D eigenvalue weighted by Gasteiger charge is -2.39. The fourth-order valence-corrected chi connectivity index (χ4v) is 5.98. The lowest BCUT2D eigenvalue weighted by molar-refractivity contribution is -0.124. The molecule has 8 heteroatoms. The van der Waals surface area contributed by atoms with Crippen LogP contribution in [0.2, 0.25) is 0 Å². The Kier molecular flexibility index (Phi) is 8.53. The Morgan fingerprint density at radius 1 is 1.05 bits per heavy atom. The molecule has 0 aromatic carbocycles. The maximum absolute atomic E-state index is 14.0. The van der Waals surface area contributed by atoms with Crippen molar-refractivity contribution in [3.63, 3.8) is 0 Å². The molecule has 7 nitrogen and oxygen atoms in total. The minimum atomic E-state index is -1.02. The maximum atomic E-state index is 14.0. The molecule has 4 rings (SSSR count). The first-order valence-corrected chi connectivity index (χ1v) is 14.1. The van der Waals surface area contributed by atoms with E-state index in [0.29, 0.717) is 22.5 Å². The van der Waals surface area contributed by atoms with Crippen LogP contribution >= 0.6 is 11.3 Å². The Bertz CT molecular complexity index is 1150. The maximum Gasteiger partial charge on any atom is 0.348 e. The minimum absolute atomic E-state index is 0.0271. The number of carbonyl (C=O) groups excluding carboxylic acids is 1. The van der Waals surface area contributed by atoms with Crippen molar-refractivity contribution >= 4 is 28.9 Å². The zero-order valence-electron chi connectivity index (χ0n) is 22.2. The van der Waals surface area contributed by atoms with Crippen LogP contribution in [0.15, 0.2) is 24.5 Å². The highest BCUT2D eigenvalue weighted by atomic mass is 32.1. The molecule has 0 atom stereocenters. The third-order valence-electron chi connectivity index (χ3n) is 7.15. The molecule has 2 aromatic rings. The standard InChI is InChI=1S/C29H37N3O4S/c1-19-6-8-20(9-7-19)26(33)32(21-10-12-22(13-11-21)36-28-30-16-5-17-31-28)24-18-23(14-15-29(2,3)4)37-25(24)27(34)35/h5,16-22H,6-13H2,1-4H3,(H,34,35). The predicted octanol–water partition coefficient (Wildman–Crippen LogP) is 6.18. The van der Waals surface area contributed by atoms with Crippen LogP contribution < -0.4 is 9.64 Å². The minimum Gasteiger partial charge on any atom is -0.477 e. The van der Waals surface area contributed by atoms with Gasteiger partial charge in [0, 0.05) is 29.8 Å². The fraction of sp³-hybridized carbons (Fsp3) is 0.586. The van der Waals surface area contributed by atoms with Crippen LogP contribution in [-0.2, 0) is 4.79 Å². The van der Waals surface area contributed by atoms with E-state index in [9.17, 15) is 14.7 Å². The number of hydrogen-bond donors (Lipinski definition) is 1. The van der Waals surface area contributed by atoms with Gasteiger partial charge in [-0.25, -0.2) is 14.8 Å². The predicted molar refractivity (Wildman–Crippen MR) is 145 cm³/mol. The summed E-state index contributed by atoms with van der Waals surface area (Å²) in [5.74, 6) is 5.94. The molecule has 1 N–H and O–H groups in total. The Hall–Kier alpha value is -2.92. The van der Waals surface area contributed by atoms with Gasteiger partial charge in [0.2, 0.25) is 5.91 Å². The summed E-state index contributed by atoms with van der Waals surface area (Å²) in [5, 5.41) is 10.1. The molecule has 0 spiro atoms. The van der Waals surface area contributed by atoms with Crippen molar-refractivity contribution in [1.29, 1.82) is 0 Å². The van der Waals surface area contributed by atoms with Gasteiger partial charge in [0.1, 0.15) is 11.0 Å². The number of rotatable bonds is 6. The van der Waals surface area contributed by atoms with Crippen LogP contribution in [0.4, 0.5) is 5.69 Å². The highest BCUT2D eigenvalue weighted by Crippen LogP contribution is 2.39. The van der Waals surface area contributed by atoms with Crippen LogP contribution in [-0.4, -0.2) is 39.1 Å². The van der Waals surface area contributed by atoms with Gasteiger partial charge < -0.3 is 14.7 Å². The number of carbonyl (C=O) groups is 2.